The van der Waals surface area contributed by atoms with Gasteiger partial charge in [-0.2, -0.15) is 8.78 Å². The van der Waals surface area contributed by atoms with Gasteiger partial charge in [-0.05, 0) is 29.8 Å². The molecule has 0 spiro atoms. The number of hydrogen-bond donors (Lipinski definition) is 0. The molecule has 1 heterocycles. The zero-order valence-corrected chi connectivity index (χ0v) is 12.9. The molecule has 0 amide bonds. The number of benzene rings is 2. The van der Waals surface area contributed by atoms with Gasteiger partial charge in [-0.3, -0.25) is 10.1 Å². The van der Waals surface area contributed by atoms with Crippen LogP contribution in [0.4, 0.5) is 14.5 Å². The Morgan fingerprint density at radius 2 is 1.92 bits per heavy atom. The van der Waals surface area contributed by atoms with E-state index in [1.807, 2.05) is 0 Å². The van der Waals surface area contributed by atoms with Crippen LogP contribution in [0.25, 0.3) is 22.4 Å². The summed E-state index contributed by atoms with van der Waals surface area (Å²) in [6, 6.07) is 10.7. The zero-order chi connectivity index (χ0) is 17.1. The molecule has 5 nitrogen and oxygen atoms in total. The van der Waals surface area contributed by atoms with Crippen molar-refractivity contribution in [3.05, 3.63) is 63.1 Å². The molecule has 2 aromatic carbocycles. The van der Waals surface area contributed by atoms with E-state index in [4.69, 9.17) is 0 Å². The van der Waals surface area contributed by atoms with Gasteiger partial charge in [0.1, 0.15) is 10.8 Å². The highest BCUT2D eigenvalue weighted by Crippen LogP contribution is 2.27. The van der Waals surface area contributed by atoms with E-state index in [0.717, 1.165) is 10.3 Å². The van der Waals surface area contributed by atoms with E-state index in [0.29, 0.717) is 10.5 Å². The number of non-ortho nitro benzene ring substituents is 1. The van der Waals surface area contributed by atoms with Crippen molar-refractivity contribution in [3.63, 3.8) is 0 Å². The molecule has 3 rings (SSSR count). The number of halogens is 2. The molecule has 0 aliphatic carbocycles. The van der Waals surface area contributed by atoms with Crippen molar-refractivity contribution in [2.45, 2.75) is 6.61 Å². The van der Waals surface area contributed by atoms with Crippen molar-refractivity contribution in [2.75, 3.05) is 0 Å². The first-order valence-corrected chi connectivity index (χ1v) is 7.61. The van der Waals surface area contributed by atoms with Crippen LogP contribution in [0.5, 0.6) is 5.75 Å². The molecule has 0 saturated carbocycles. The van der Waals surface area contributed by atoms with Crippen molar-refractivity contribution in [1.82, 2.24) is 4.98 Å². The molecule has 0 saturated heterocycles. The predicted octanol–water partition coefficient (Wildman–Crippen LogP) is 4.98. The summed E-state index contributed by atoms with van der Waals surface area (Å²) in [4.78, 5) is 14.6. The summed E-state index contributed by atoms with van der Waals surface area (Å²) in [5.74, 6) is 0.0921. The Morgan fingerprint density at radius 3 is 2.58 bits per heavy atom. The van der Waals surface area contributed by atoms with Gasteiger partial charge in [0, 0.05) is 12.1 Å². The van der Waals surface area contributed by atoms with Crippen molar-refractivity contribution >= 4 is 39.4 Å². The Labute approximate surface area is 139 Å². The van der Waals surface area contributed by atoms with Gasteiger partial charge in [0.2, 0.25) is 0 Å². The van der Waals surface area contributed by atoms with Crippen LogP contribution in [0.15, 0.2) is 42.5 Å². The summed E-state index contributed by atoms with van der Waals surface area (Å²) in [5, 5.41) is 11.5. The van der Waals surface area contributed by atoms with Gasteiger partial charge in [0.25, 0.3) is 5.69 Å². The molecule has 0 aliphatic rings. The fraction of sp³-hybridized carbons (Fsp3) is 0.0625. The summed E-state index contributed by atoms with van der Waals surface area (Å²) in [5.41, 5.74) is 1.36. The third kappa shape index (κ3) is 3.72. The van der Waals surface area contributed by atoms with Crippen LogP contribution < -0.4 is 4.74 Å². The second-order valence-corrected chi connectivity index (χ2v) is 5.80. The van der Waals surface area contributed by atoms with Crippen molar-refractivity contribution < 1.29 is 18.4 Å². The Balaban J connectivity index is 1.78. The molecule has 24 heavy (non-hydrogen) atoms. The zero-order valence-electron chi connectivity index (χ0n) is 12.1. The third-order valence-electron chi connectivity index (χ3n) is 3.12. The number of alkyl halides is 2. The fourth-order valence-electron chi connectivity index (χ4n) is 2.05. The number of fused-ring (bicyclic) bond motifs is 1. The van der Waals surface area contributed by atoms with Gasteiger partial charge in [0.05, 0.1) is 15.1 Å². The number of nitrogens with zero attached hydrogens (tertiary/aromatic N) is 2. The first-order valence-electron chi connectivity index (χ1n) is 6.79. The van der Waals surface area contributed by atoms with Gasteiger partial charge in [-0.25, -0.2) is 4.98 Å². The lowest BCUT2D eigenvalue weighted by molar-refractivity contribution is -0.384. The molecule has 1 aromatic heterocycles. The van der Waals surface area contributed by atoms with Crippen LogP contribution in [0.2, 0.25) is 0 Å². The monoisotopic (exact) mass is 348 g/mol. The minimum Gasteiger partial charge on any atom is -0.435 e. The molecule has 122 valence electrons. The van der Waals surface area contributed by atoms with Crippen LogP contribution in [-0.2, 0) is 0 Å². The second-order valence-electron chi connectivity index (χ2n) is 4.74. The van der Waals surface area contributed by atoms with Gasteiger partial charge < -0.3 is 4.74 Å². The lowest BCUT2D eigenvalue weighted by atomic mass is 10.2. The van der Waals surface area contributed by atoms with Gasteiger partial charge in [-0.15, -0.1) is 11.3 Å². The highest BCUT2D eigenvalue weighted by atomic mass is 32.1. The Kier molecular flexibility index (Phi) is 4.48. The lowest BCUT2D eigenvalue weighted by Gasteiger charge is -2.03. The molecule has 0 N–H and O–H groups in total. The molecule has 3 aromatic rings. The smallest absolute Gasteiger partial charge is 0.387 e. The molecule has 0 fully saturated rings. The summed E-state index contributed by atoms with van der Waals surface area (Å²) >= 11 is 1.40. The number of hydrogen-bond acceptors (Lipinski definition) is 5. The van der Waals surface area contributed by atoms with Crippen LogP contribution in [0.1, 0.15) is 10.6 Å². The maximum atomic E-state index is 12.1. The van der Waals surface area contributed by atoms with Crippen molar-refractivity contribution in [1.29, 1.82) is 0 Å². The van der Waals surface area contributed by atoms with Gasteiger partial charge in [-0.1, -0.05) is 18.2 Å². The van der Waals surface area contributed by atoms with E-state index in [2.05, 4.69) is 9.72 Å². The van der Waals surface area contributed by atoms with Crippen LogP contribution in [-0.4, -0.2) is 16.5 Å². The molecule has 0 aliphatic heterocycles. The normalized spacial score (nSPS) is 11.5. The Bertz CT molecular complexity index is 907. The van der Waals surface area contributed by atoms with E-state index in [-0.39, 0.29) is 11.4 Å². The van der Waals surface area contributed by atoms with Crippen molar-refractivity contribution in [2.24, 2.45) is 0 Å². The number of ether oxygens (including phenoxy) is 1. The number of nitro benzene ring substituents is 1. The maximum Gasteiger partial charge on any atom is 0.387 e. The standard InChI is InChI=1S/C16H10F2N2O3S/c17-16(18)23-12-5-1-10(2-6-12)3-8-15-19-13-9-11(20(21)22)4-7-14(13)24-15/h1-9,16H. The van der Waals surface area contributed by atoms with Crippen LogP contribution in [0.3, 0.4) is 0 Å². The van der Waals surface area contributed by atoms with E-state index < -0.39 is 11.5 Å². The van der Waals surface area contributed by atoms with E-state index in [1.54, 1.807) is 30.4 Å². The first kappa shape index (κ1) is 16.0. The average molecular weight is 348 g/mol. The summed E-state index contributed by atoms with van der Waals surface area (Å²) in [6.07, 6.45) is 3.54. The van der Waals surface area contributed by atoms with Crippen molar-refractivity contribution in [3.8, 4) is 5.75 Å². The van der Waals surface area contributed by atoms with E-state index in [9.17, 15) is 18.9 Å². The molecular weight excluding hydrogens is 338 g/mol. The number of rotatable bonds is 5. The molecule has 8 heteroatoms. The predicted molar refractivity (Wildman–Crippen MR) is 88.3 cm³/mol. The first-order chi connectivity index (χ1) is 11.5. The van der Waals surface area contributed by atoms with Gasteiger partial charge >= 0.3 is 6.61 Å². The summed E-state index contributed by atoms with van der Waals surface area (Å²) < 4.78 is 29.3. The second kappa shape index (κ2) is 6.71. The number of nitro groups is 1. The summed E-state index contributed by atoms with van der Waals surface area (Å²) in [6.45, 7) is -2.85. The van der Waals surface area contributed by atoms with Gasteiger partial charge in [0.15, 0.2) is 0 Å². The van der Waals surface area contributed by atoms with Crippen LogP contribution >= 0.6 is 11.3 Å². The molecular formula is C16H10F2N2O3S. The topological polar surface area (TPSA) is 65.3 Å². The van der Waals surface area contributed by atoms with Crippen LogP contribution in [0, 0.1) is 10.1 Å². The molecule has 0 bridgehead atoms. The lowest BCUT2D eigenvalue weighted by Crippen LogP contribution is -2.01. The third-order valence-corrected chi connectivity index (χ3v) is 4.12. The van der Waals surface area contributed by atoms with E-state index in [1.165, 1.54) is 35.6 Å². The number of aromatic nitrogens is 1. The largest absolute Gasteiger partial charge is 0.435 e. The van der Waals surface area contributed by atoms with E-state index >= 15 is 0 Å². The highest BCUT2D eigenvalue weighted by Gasteiger charge is 2.09. The highest BCUT2D eigenvalue weighted by molar-refractivity contribution is 7.19. The minimum atomic E-state index is -2.85. The molecule has 0 radical (unpaired) electrons. The fourth-order valence-corrected chi connectivity index (χ4v) is 2.90. The Hall–Kier alpha value is -2.87. The summed E-state index contributed by atoms with van der Waals surface area (Å²) in [7, 11) is 0. The quantitative estimate of drug-likeness (QED) is 0.482. The number of thiazole rings is 1. The minimum absolute atomic E-state index is 0.00190. The maximum absolute atomic E-state index is 12.1. The Morgan fingerprint density at radius 1 is 1.17 bits per heavy atom. The average Bonchev–Trinajstić information content (AvgIpc) is 2.95. The molecule has 0 atom stereocenters. The SMILES string of the molecule is O=[N+]([O-])c1ccc2sc(C=Cc3ccc(OC(F)F)cc3)nc2c1. The molecule has 0 unspecified atom stereocenters.